The molecule has 0 spiro atoms. The molecule has 4 heteroatoms. The second-order valence-electron chi connectivity index (χ2n) is 3.42. The molecule has 1 atom stereocenters. The fraction of sp³-hybridized carbons (Fsp3) is 0.500. The van der Waals surface area contributed by atoms with Crippen LogP contribution < -0.4 is 0 Å². The smallest absolute Gasteiger partial charge is 0.110 e. The molecule has 1 N–H and O–H groups in total. The van der Waals surface area contributed by atoms with Gasteiger partial charge in [0.2, 0.25) is 0 Å². The summed E-state index contributed by atoms with van der Waals surface area (Å²) in [5, 5.41) is 17.8. The fourth-order valence-electron chi connectivity index (χ4n) is 1.30. The molecule has 0 bridgehead atoms. The predicted molar refractivity (Wildman–Crippen MR) is 57.0 cm³/mol. The first-order valence-corrected chi connectivity index (χ1v) is 5.29. The Kier molecular flexibility index (Phi) is 4.08. The standard InChI is InChI=1S/C10H14N2OS/c1-8(13)6-12(2)7-10-4-3-9(5-11)14-10/h3-4,8,13H,6-7H2,1-2H3/t8-/m1/s1. The van der Waals surface area contributed by atoms with E-state index >= 15 is 0 Å². The molecule has 1 aromatic rings. The molecule has 1 aromatic heterocycles. The molecule has 14 heavy (non-hydrogen) atoms. The molecule has 0 radical (unpaired) electrons. The number of hydrogen-bond donors (Lipinski definition) is 1. The molecule has 0 fully saturated rings. The molecule has 76 valence electrons. The number of aliphatic hydroxyl groups is 1. The van der Waals surface area contributed by atoms with Crippen molar-refractivity contribution in [3.63, 3.8) is 0 Å². The topological polar surface area (TPSA) is 47.3 Å². The Morgan fingerprint density at radius 1 is 1.64 bits per heavy atom. The molecule has 0 aliphatic carbocycles. The van der Waals surface area contributed by atoms with Crippen molar-refractivity contribution in [3.8, 4) is 6.07 Å². The molecule has 1 heterocycles. The SMILES string of the molecule is C[C@@H](O)CN(C)Cc1ccc(C#N)s1. The Hall–Kier alpha value is -0.890. The lowest BCUT2D eigenvalue weighted by atomic mass is 10.3. The van der Waals surface area contributed by atoms with Gasteiger partial charge in [-0.3, -0.25) is 4.90 Å². The average molecular weight is 210 g/mol. The number of likely N-dealkylation sites (N-methyl/N-ethyl adjacent to an activating group) is 1. The zero-order valence-electron chi connectivity index (χ0n) is 8.40. The van der Waals surface area contributed by atoms with Gasteiger partial charge in [-0.1, -0.05) is 0 Å². The summed E-state index contributed by atoms with van der Waals surface area (Å²) in [7, 11) is 1.96. The molecule has 1 rings (SSSR count). The third-order valence-corrected chi connectivity index (χ3v) is 2.75. The second-order valence-corrected chi connectivity index (χ2v) is 4.59. The van der Waals surface area contributed by atoms with Crippen molar-refractivity contribution in [2.24, 2.45) is 0 Å². The van der Waals surface area contributed by atoms with E-state index in [1.54, 1.807) is 6.92 Å². The van der Waals surface area contributed by atoms with Gasteiger partial charge >= 0.3 is 0 Å². The van der Waals surface area contributed by atoms with Gasteiger partial charge in [-0.2, -0.15) is 5.26 Å². The van der Waals surface area contributed by atoms with E-state index in [-0.39, 0.29) is 6.10 Å². The first kappa shape index (κ1) is 11.2. The molecule has 0 aliphatic rings. The van der Waals surface area contributed by atoms with Crippen molar-refractivity contribution in [2.45, 2.75) is 19.6 Å². The Morgan fingerprint density at radius 3 is 2.86 bits per heavy atom. The predicted octanol–water partition coefficient (Wildman–Crippen LogP) is 1.43. The lowest BCUT2D eigenvalue weighted by Crippen LogP contribution is -2.26. The van der Waals surface area contributed by atoms with E-state index in [4.69, 9.17) is 10.4 Å². The highest BCUT2D eigenvalue weighted by Gasteiger charge is 2.05. The van der Waals surface area contributed by atoms with Crippen LogP contribution in [0.4, 0.5) is 0 Å². The maximum absolute atomic E-state index is 9.16. The molecule has 0 aromatic carbocycles. The first-order valence-electron chi connectivity index (χ1n) is 4.47. The minimum atomic E-state index is -0.310. The Bertz CT molecular complexity index is 327. The van der Waals surface area contributed by atoms with E-state index in [0.717, 1.165) is 16.3 Å². The van der Waals surface area contributed by atoms with Crippen LogP contribution in [0.15, 0.2) is 12.1 Å². The molecule has 0 unspecified atom stereocenters. The first-order chi connectivity index (χ1) is 6.61. The van der Waals surface area contributed by atoms with Crippen molar-refractivity contribution < 1.29 is 5.11 Å². The van der Waals surface area contributed by atoms with E-state index in [9.17, 15) is 0 Å². The van der Waals surface area contributed by atoms with E-state index in [1.807, 2.05) is 24.1 Å². The molecule has 0 amide bonds. The second kappa shape index (κ2) is 5.11. The normalized spacial score (nSPS) is 12.8. The van der Waals surface area contributed by atoms with Crippen LogP contribution in [-0.4, -0.2) is 29.7 Å². The van der Waals surface area contributed by atoms with Crippen molar-refractivity contribution in [1.29, 1.82) is 5.26 Å². The summed E-state index contributed by atoms with van der Waals surface area (Å²) in [6.45, 7) is 3.21. The summed E-state index contributed by atoms with van der Waals surface area (Å²) < 4.78 is 0. The number of hydrogen-bond acceptors (Lipinski definition) is 4. The average Bonchev–Trinajstić information content (AvgIpc) is 2.50. The quantitative estimate of drug-likeness (QED) is 0.818. The van der Waals surface area contributed by atoms with Crippen LogP contribution >= 0.6 is 11.3 Å². The van der Waals surface area contributed by atoms with Gasteiger partial charge in [0.05, 0.1) is 6.10 Å². The highest BCUT2D eigenvalue weighted by atomic mass is 32.1. The van der Waals surface area contributed by atoms with Gasteiger partial charge in [-0.25, -0.2) is 0 Å². The summed E-state index contributed by atoms with van der Waals surface area (Å²) in [4.78, 5) is 3.94. The monoisotopic (exact) mass is 210 g/mol. The highest BCUT2D eigenvalue weighted by molar-refractivity contribution is 7.12. The van der Waals surface area contributed by atoms with E-state index in [0.29, 0.717) is 6.54 Å². The third-order valence-electron chi connectivity index (χ3n) is 1.77. The summed E-state index contributed by atoms with van der Waals surface area (Å²) in [5.41, 5.74) is 0. The molecule has 0 saturated heterocycles. The van der Waals surface area contributed by atoms with Crippen LogP contribution in [0, 0.1) is 11.3 Å². The van der Waals surface area contributed by atoms with Crippen LogP contribution in [-0.2, 0) is 6.54 Å². The number of nitriles is 1. The summed E-state index contributed by atoms with van der Waals surface area (Å²) in [6, 6.07) is 5.90. The number of rotatable bonds is 4. The maximum atomic E-state index is 9.16. The van der Waals surface area contributed by atoms with Crippen LogP contribution in [0.1, 0.15) is 16.7 Å². The lowest BCUT2D eigenvalue weighted by molar-refractivity contribution is 0.139. The van der Waals surface area contributed by atoms with Gasteiger partial charge in [-0.15, -0.1) is 11.3 Å². The van der Waals surface area contributed by atoms with Crippen molar-refractivity contribution in [3.05, 3.63) is 21.9 Å². The van der Waals surface area contributed by atoms with Crippen molar-refractivity contribution in [2.75, 3.05) is 13.6 Å². The van der Waals surface area contributed by atoms with Crippen molar-refractivity contribution in [1.82, 2.24) is 4.90 Å². The maximum Gasteiger partial charge on any atom is 0.110 e. The molecular formula is C10H14N2OS. The summed E-state index contributed by atoms with van der Waals surface area (Å²) in [6.07, 6.45) is -0.310. The van der Waals surface area contributed by atoms with Gasteiger partial charge in [0.15, 0.2) is 0 Å². The fourth-order valence-corrected chi connectivity index (χ4v) is 2.19. The molecule has 3 nitrogen and oxygen atoms in total. The van der Waals surface area contributed by atoms with Gasteiger partial charge in [0.25, 0.3) is 0 Å². The third kappa shape index (κ3) is 3.46. The number of thiophene rings is 1. The highest BCUT2D eigenvalue weighted by Crippen LogP contribution is 2.16. The zero-order valence-corrected chi connectivity index (χ0v) is 9.21. The molecular weight excluding hydrogens is 196 g/mol. The minimum absolute atomic E-state index is 0.310. The van der Waals surface area contributed by atoms with Crippen LogP contribution in [0.5, 0.6) is 0 Å². The minimum Gasteiger partial charge on any atom is -0.392 e. The number of nitrogens with zero attached hydrogens (tertiary/aromatic N) is 2. The van der Waals surface area contributed by atoms with E-state index in [1.165, 1.54) is 11.3 Å². The van der Waals surface area contributed by atoms with Crippen molar-refractivity contribution >= 4 is 11.3 Å². The van der Waals surface area contributed by atoms with Crippen LogP contribution in [0.2, 0.25) is 0 Å². The van der Waals surface area contributed by atoms with Crippen LogP contribution in [0.25, 0.3) is 0 Å². The largest absolute Gasteiger partial charge is 0.392 e. The van der Waals surface area contributed by atoms with Crippen LogP contribution in [0.3, 0.4) is 0 Å². The van der Waals surface area contributed by atoms with Gasteiger partial charge in [0, 0.05) is 18.0 Å². The summed E-state index contributed by atoms with van der Waals surface area (Å²) >= 11 is 1.50. The summed E-state index contributed by atoms with van der Waals surface area (Å²) in [5.74, 6) is 0. The zero-order chi connectivity index (χ0) is 10.6. The molecule has 0 aliphatic heterocycles. The van der Waals surface area contributed by atoms with Gasteiger partial charge in [-0.05, 0) is 26.1 Å². The Balaban J connectivity index is 2.48. The Labute approximate surface area is 88.2 Å². The van der Waals surface area contributed by atoms with E-state index in [2.05, 4.69) is 6.07 Å². The van der Waals surface area contributed by atoms with E-state index < -0.39 is 0 Å². The Morgan fingerprint density at radius 2 is 2.36 bits per heavy atom. The van der Waals surface area contributed by atoms with Gasteiger partial charge < -0.3 is 5.11 Å². The van der Waals surface area contributed by atoms with Gasteiger partial charge in [0.1, 0.15) is 10.9 Å². The lowest BCUT2D eigenvalue weighted by Gasteiger charge is -2.16. The number of aliphatic hydroxyl groups excluding tert-OH is 1. The molecule has 0 saturated carbocycles.